The van der Waals surface area contributed by atoms with E-state index in [4.69, 9.17) is 16.6 Å². The minimum absolute atomic E-state index is 0.0430. The van der Waals surface area contributed by atoms with Gasteiger partial charge in [0.25, 0.3) is 0 Å². The van der Waals surface area contributed by atoms with E-state index in [0.717, 1.165) is 41.7 Å². The minimum Gasteiger partial charge on any atom is -0.359 e. The van der Waals surface area contributed by atoms with Gasteiger partial charge in [-0.15, -0.1) is 0 Å². The lowest BCUT2D eigenvalue weighted by atomic mass is 9.91. The number of hydrogen-bond acceptors (Lipinski definition) is 5. The van der Waals surface area contributed by atoms with Crippen molar-refractivity contribution in [2.75, 3.05) is 26.0 Å². The first-order valence-electron chi connectivity index (χ1n) is 12.4. The number of anilines is 2. The normalized spacial score (nSPS) is 15.6. The number of likely N-dealkylation sites (N-methyl/N-ethyl adjacent to an activating group) is 2. The Morgan fingerprint density at radius 1 is 1.22 bits per heavy atom. The number of benzene rings is 2. The zero-order chi connectivity index (χ0) is 24.8. The summed E-state index contributed by atoms with van der Waals surface area (Å²) in [5.41, 5.74) is 7.27. The van der Waals surface area contributed by atoms with Crippen molar-refractivity contribution in [3.63, 3.8) is 0 Å². The number of hydrogen-bond donors (Lipinski definition) is 2. The summed E-state index contributed by atoms with van der Waals surface area (Å²) in [6, 6.07) is 12.5. The Labute approximate surface area is 215 Å². The smallest absolute Gasteiger partial charge is 0.229 e. The molecule has 2 aromatic carbocycles. The van der Waals surface area contributed by atoms with Crippen molar-refractivity contribution in [2.24, 2.45) is 0 Å². The summed E-state index contributed by atoms with van der Waals surface area (Å²) in [6.45, 7) is 2.07. The van der Waals surface area contributed by atoms with E-state index in [9.17, 15) is 4.79 Å². The van der Waals surface area contributed by atoms with Crippen LogP contribution in [-0.4, -0.2) is 46.0 Å². The highest BCUT2D eigenvalue weighted by Gasteiger charge is 2.29. The number of nitrogens with zero attached hydrogens (tertiary/aromatic N) is 4. The molecule has 1 aliphatic carbocycles. The molecule has 184 valence electrons. The number of para-hydroxylation sites is 1. The Hall–Kier alpha value is -3.42. The largest absolute Gasteiger partial charge is 0.359 e. The summed E-state index contributed by atoms with van der Waals surface area (Å²) in [4.78, 5) is 23.8. The standard InChI is InChI=1S/C28H29ClN6O/c1-30-26(36)12-19-16-35(25-6-4-3-5-22(19)25)27-24(29)14-31-28(33-27)32-20-11-18-15-34(2)10-9-21(18)23(13-20)17-7-8-17/h3-6,11,13-14,16-17H,7-10,12,15H2,1-2H3,(H,30,36)(H,31,32,33). The third kappa shape index (κ3) is 4.33. The molecule has 8 heteroatoms. The van der Waals surface area contributed by atoms with Crippen LogP contribution in [-0.2, 0) is 24.2 Å². The van der Waals surface area contributed by atoms with Crippen LogP contribution in [0.2, 0.25) is 5.02 Å². The molecule has 0 atom stereocenters. The number of fused-ring (bicyclic) bond motifs is 2. The average Bonchev–Trinajstić information content (AvgIpc) is 3.67. The van der Waals surface area contributed by atoms with Gasteiger partial charge in [0.1, 0.15) is 5.02 Å². The number of nitrogens with one attached hydrogen (secondary N) is 2. The van der Waals surface area contributed by atoms with Gasteiger partial charge in [0.2, 0.25) is 11.9 Å². The molecule has 0 unspecified atom stereocenters. The van der Waals surface area contributed by atoms with Crippen LogP contribution in [0, 0.1) is 0 Å². The molecule has 0 radical (unpaired) electrons. The van der Waals surface area contributed by atoms with Crippen molar-refractivity contribution in [3.05, 3.63) is 76.1 Å². The van der Waals surface area contributed by atoms with Gasteiger partial charge in [0.05, 0.1) is 18.1 Å². The van der Waals surface area contributed by atoms with Gasteiger partial charge in [-0.05, 0) is 72.7 Å². The summed E-state index contributed by atoms with van der Waals surface area (Å²) in [6.07, 6.45) is 7.51. The van der Waals surface area contributed by atoms with Gasteiger partial charge < -0.3 is 15.5 Å². The zero-order valence-corrected chi connectivity index (χ0v) is 21.3. The van der Waals surface area contributed by atoms with E-state index in [-0.39, 0.29) is 12.3 Å². The van der Waals surface area contributed by atoms with Crippen LogP contribution in [0.15, 0.2) is 48.8 Å². The van der Waals surface area contributed by atoms with Crippen LogP contribution in [0.4, 0.5) is 11.6 Å². The van der Waals surface area contributed by atoms with E-state index in [1.54, 1.807) is 13.2 Å². The number of rotatable bonds is 6. The molecule has 1 saturated carbocycles. The molecule has 1 aliphatic heterocycles. The highest BCUT2D eigenvalue weighted by molar-refractivity contribution is 6.32. The SMILES string of the molecule is CNC(=O)Cc1cn(-c2nc(Nc3cc4c(c(C5CC5)c3)CCN(C)C4)ncc2Cl)c2ccccc12. The minimum atomic E-state index is -0.0430. The molecule has 0 bridgehead atoms. The molecule has 1 fully saturated rings. The van der Waals surface area contributed by atoms with E-state index in [0.29, 0.717) is 22.7 Å². The molecule has 7 nitrogen and oxygen atoms in total. The molecule has 0 saturated heterocycles. The van der Waals surface area contributed by atoms with Gasteiger partial charge in [0, 0.05) is 37.4 Å². The number of aromatic nitrogens is 3. The van der Waals surface area contributed by atoms with Crippen molar-refractivity contribution in [1.29, 1.82) is 0 Å². The molecule has 36 heavy (non-hydrogen) atoms. The van der Waals surface area contributed by atoms with E-state index in [1.807, 2.05) is 35.0 Å². The van der Waals surface area contributed by atoms with Crippen LogP contribution in [0.3, 0.4) is 0 Å². The molecule has 0 spiro atoms. The van der Waals surface area contributed by atoms with Gasteiger partial charge in [-0.3, -0.25) is 9.36 Å². The van der Waals surface area contributed by atoms with E-state index in [1.165, 1.54) is 29.5 Å². The van der Waals surface area contributed by atoms with E-state index >= 15 is 0 Å². The summed E-state index contributed by atoms with van der Waals surface area (Å²) in [5.74, 6) is 1.70. The lowest BCUT2D eigenvalue weighted by Crippen LogP contribution is -2.27. The van der Waals surface area contributed by atoms with Crippen LogP contribution < -0.4 is 10.6 Å². The first kappa shape index (κ1) is 23.0. The Balaban J connectivity index is 1.38. The van der Waals surface area contributed by atoms with E-state index < -0.39 is 0 Å². The summed E-state index contributed by atoms with van der Waals surface area (Å²) in [7, 11) is 3.82. The van der Waals surface area contributed by atoms with Crippen molar-refractivity contribution in [2.45, 2.75) is 38.1 Å². The van der Waals surface area contributed by atoms with Crippen LogP contribution in [0.5, 0.6) is 0 Å². The Morgan fingerprint density at radius 3 is 2.86 bits per heavy atom. The number of amides is 1. The van der Waals surface area contributed by atoms with Gasteiger partial charge in [-0.2, -0.15) is 4.98 Å². The second-order valence-corrected chi connectivity index (χ2v) is 10.3. The molecule has 2 aliphatic rings. The number of halogens is 1. The molecular weight excluding hydrogens is 472 g/mol. The first-order chi connectivity index (χ1) is 17.5. The molecule has 1 amide bonds. The van der Waals surface area contributed by atoms with Gasteiger partial charge in [0.15, 0.2) is 5.82 Å². The Morgan fingerprint density at radius 2 is 2.06 bits per heavy atom. The average molecular weight is 501 g/mol. The van der Waals surface area contributed by atoms with Gasteiger partial charge in [-0.1, -0.05) is 29.8 Å². The molecular formula is C28H29ClN6O. The first-order valence-corrected chi connectivity index (χ1v) is 12.8. The topological polar surface area (TPSA) is 75.1 Å². The summed E-state index contributed by atoms with van der Waals surface area (Å²) < 4.78 is 1.94. The second kappa shape index (κ2) is 9.22. The fourth-order valence-corrected chi connectivity index (χ4v) is 5.43. The Kier molecular flexibility index (Phi) is 5.90. The van der Waals surface area contributed by atoms with Crippen molar-refractivity contribution >= 4 is 40.0 Å². The van der Waals surface area contributed by atoms with Crippen molar-refractivity contribution in [1.82, 2.24) is 24.8 Å². The fraction of sp³-hybridized carbons (Fsp3) is 0.321. The van der Waals surface area contributed by atoms with Crippen molar-refractivity contribution < 1.29 is 4.79 Å². The number of carbonyl (C=O) groups excluding carboxylic acids is 1. The third-order valence-corrected chi connectivity index (χ3v) is 7.48. The lowest BCUT2D eigenvalue weighted by Gasteiger charge is -2.28. The van der Waals surface area contributed by atoms with E-state index in [2.05, 4.69) is 39.7 Å². The zero-order valence-electron chi connectivity index (χ0n) is 20.5. The maximum absolute atomic E-state index is 12.1. The fourth-order valence-electron chi connectivity index (χ4n) is 5.25. The Bertz CT molecular complexity index is 1470. The lowest BCUT2D eigenvalue weighted by molar-refractivity contribution is -0.119. The second-order valence-electron chi connectivity index (χ2n) is 9.85. The highest BCUT2D eigenvalue weighted by Crippen LogP contribution is 2.44. The summed E-state index contributed by atoms with van der Waals surface area (Å²) in [5, 5.41) is 7.59. The molecule has 4 aromatic rings. The third-order valence-electron chi connectivity index (χ3n) is 7.21. The monoisotopic (exact) mass is 500 g/mol. The molecule has 2 N–H and O–H groups in total. The van der Waals surface area contributed by atoms with Crippen LogP contribution >= 0.6 is 11.6 Å². The highest BCUT2D eigenvalue weighted by atomic mass is 35.5. The van der Waals surface area contributed by atoms with Crippen LogP contribution in [0.1, 0.15) is 41.0 Å². The maximum Gasteiger partial charge on any atom is 0.229 e. The predicted molar refractivity (Wildman–Crippen MR) is 143 cm³/mol. The number of carbonyl (C=O) groups is 1. The molecule has 3 heterocycles. The van der Waals surface area contributed by atoms with Crippen molar-refractivity contribution in [3.8, 4) is 5.82 Å². The quantitative estimate of drug-likeness (QED) is 0.391. The summed E-state index contributed by atoms with van der Waals surface area (Å²) >= 11 is 6.60. The van der Waals surface area contributed by atoms with Gasteiger partial charge in [-0.25, -0.2) is 4.98 Å². The van der Waals surface area contributed by atoms with Crippen LogP contribution in [0.25, 0.3) is 16.7 Å². The predicted octanol–water partition coefficient (Wildman–Crippen LogP) is 4.97. The van der Waals surface area contributed by atoms with Gasteiger partial charge >= 0.3 is 0 Å². The maximum atomic E-state index is 12.1. The molecule has 6 rings (SSSR count). The molecule has 2 aromatic heterocycles.